The highest BCUT2D eigenvalue weighted by atomic mass is 35.5. The third-order valence-electron chi connectivity index (χ3n) is 6.25. The lowest BCUT2D eigenvalue weighted by molar-refractivity contribution is -0.139. The van der Waals surface area contributed by atoms with Crippen LogP contribution in [0, 0.1) is 0 Å². The molecule has 39 heavy (non-hydrogen) atoms. The number of thiazole rings is 1. The van der Waals surface area contributed by atoms with Gasteiger partial charge in [-0.05, 0) is 55.3 Å². The third kappa shape index (κ3) is 5.57. The van der Waals surface area contributed by atoms with Crippen LogP contribution in [-0.4, -0.2) is 17.1 Å². The topological polar surface area (TPSA) is 69.9 Å². The van der Waals surface area contributed by atoms with E-state index >= 15 is 0 Å². The quantitative estimate of drug-likeness (QED) is 0.264. The standard InChI is InChI=1S/C30H24Cl2N2O4S/c1-3-37-29(36)26-18(2)33-30-34(27(26)22-9-5-7-11-24(22)32)28(35)25(39-30)16-19-12-14-21(15-13-19)38-17-20-8-4-6-10-23(20)31/h4-16,27H,3,17H2,1-2H3/b25-16-/t27-/m1/s1. The van der Waals surface area contributed by atoms with E-state index in [1.807, 2.05) is 60.7 Å². The monoisotopic (exact) mass is 578 g/mol. The van der Waals surface area contributed by atoms with Crippen molar-refractivity contribution in [2.75, 3.05) is 6.61 Å². The molecule has 1 atom stereocenters. The molecule has 5 rings (SSSR count). The van der Waals surface area contributed by atoms with Crippen molar-refractivity contribution in [3.63, 3.8) is 0 Å². The van der Waals surface area contributed by atoms with Gasteiger partial charge < -0.3 is 9.47 Å². The Hall–Kier alpha value is -3.65. The molecule has 0 amide bonds. The number of fused-ring (bicyclic) bond motifs is 1. The Morgan fingerprint density at radius 3 is 2.41 bits per heavy atom. The number of ether oxygens (including phenoxy) is 2. The Labute approximate surface area is 239 Å². The number of aromatic nitrogens is 1. The molecular weight excluding hydrogens is 555 g/mol. The summed E-state index contributed by atoms with van der Waals surface area (Å²) in [6.45, 7) is 4.03. The van der Waals surface area contributed by atoms with Crippen molar-refractivity contribution in [1.82, 2.24) is 4.57 Å². The van der Waals surface area contributed by atoms with Crippen molar-refractivity contribution >= 4 is 46.6 Å². The van der Waals surface area contributed by atoms with Gasteiger partial charge in [-0.15, -0.1) is 0 Å². The summed E-state index contributed by atoms with van der Waals surface area (Å²) in [5, 5.41) is 1.10. The van der Waals surface area contributed by atoms with Gasteiger partial charge in [0.05, 0.1) is 22.4 Å². The van der Waals surface area contributed by atoms with Crippen LogP contribution in [0.15, 0.2) is 93.9 Å². The number of carbonyl (C=O) groups excluding carboxylic acids is 1. The van der Waals surface area contributed by atoms with E-state index in [2.05, 4.69) is 4.99 Å². The Morgan fingerprint density at radius 2 is 1.72 bits per heavy atom. The lowest BCUT2D eigenvalue weighted by Gasteiger charge is -2.25. The molecule has 0 unspecified atom stereocenters. The lowest BCUT2D eigenvalue weighted by Crippen LogP contribution is -2.40. The van der Waals surface area contributed by atoms with E-state index < -0.39 is 12.0 Å². The fourth-order valence-electron chi connectivity index (χ4n) is 4.37. The highest BCUT2D eigenvalue weighted by Gasteiger charge is 2.34. The minimum atomic E-state index is -0.753. The van der Waals surface area contributed by atoms with Crippen LogP contribution in [0.2, 0.25) is 10.0 Å². The van der Waals surface area contributed by atoms with E-state index in [4.69, 9.17) is 32.7 Å². The van der Waals surface area contributed by atoms with E-state index in [0.717, 1.165) is 11.1 Å². The number of hydrogen-bond donors (Lipinski definition) is 0. The molecule has 2 heterocycles. The van der Waals surface area contributed by atoms with Crippen molar-refractivity contribution in [2.24, 2.45) is 4.99 Å². The summed E-state index contributed by atoms with van der Waals surface area (Å²) < 4.78 is 13.2. The summed E-state index contributed by atoms with van der Waals surface area (Å²) in [5.74, 6) is 0.160. The first-order valence-corrected chi connectivity index (χ1v) is 13.8. The number of esters is 1. The predicted octanol–water partition coefficient (Wildman–Crippen LogP) is 5.68. The normalized spacial score (nSPS) is 15.1. The number of halogens is 2. The molecule has 0 radical (unpaired) electrons. The van der Waals surface area contributed by atoms with Crippen LogP contribution >= 0.6 is 34.5 Å². The lowest BCUT2D eigenvalue weighted by atomic mass is 9.96. The van der Waals surface area contributed by atoms with Crippen molar-refractivity contribution in [3.05, 3.63) is 130 Å². The number of carbonyl (C=O) groups is 1. The number of rotatable bonds is 7. The predicted molar refractivity (Wildman–Crippen MR) is 154 cm³/mol. The van der Waals surface area contributed by atoms with Gasteiger partial charge in [-0.3, -0.25) is 9.36 Å². The number of hydrogen-bond acceptors (Lipinski definition) is 6. The third-order valence-corrected chi connectivity index (χ3v) is 7.94. The van der Waals surface area contributed by atoms with Gasteiger partial charge in [0.25, 0.3) is 5.56 Å². The molecule has 1 aliphatic heterocycles. The molecule has 0 fully saturated rings. The summed E-state index contributed by atoms with van der Waals surface area (Å²) in [4.78, 5) is 31.8. The van der Waals surface area contributed by atoms with Crippen LogP contribution in [0.25, 0.3) is 6.08 Å². The minimum absolute atomic E-state index is 0.202. The summed E-state index contributed by atoms with van der Waals surface area (Å²) in [6.07, 6.45) is 1.80. The zero-order valence-corrected chi connectivity index (χ0v) is 23.5. The molecule has 1 aromatic heterocycles. The summed E-state index contributed by atoms with van der Waals surface area (Å²) in [6, 6.07) is 21.4. The maximum atomic E-state index is 13.7. The highest BCUT2D eigenvalue weighted by Crippen LogP contribution is 2.34. The van der Waals surface area contributed by atoms with E-state index in [1.165, 1.54) is 15.9 Å². The SMILES string of the molecule is CCOC(=O)C1=C(C)N=c2s/c(=C\c3ccc(OCc4ccccc4Cl)cc3)c(=O)n2[C@@H]1c1ccccc1Cl. The summed E-state index contributed by atoms with van der Waals surface area (Å²) in [5.41, 5.74) is 2.87. The van der Waals surface area contributed by atoms with Crippen LogP contribution in [0.5, 0.6) is 5.75 Å². The Kier molecular flexibility index (Phi) is 8.02. The molecule has 3 aromatic carbocycles. The maximum absolute atomic E-state index is 13.7. The van der Waals surface area contributed by atoms with E-state index in [9.17, 15) is 9.59 Å². The second-order valence-corrected chi connectivity index (χ2v) is 10.6. The maximum Gasteiger partial charge on any atom is 0.338 e. The van der Waals surface area contributed by atoms with Gasteiger partial charge in [0.15, 0.2) is 4.80 Å². The molecule has 0 spiro atoms. The van der Waals surface area contributed by atoms with Crippen molar-refractivity contribution in [2.45, 2.75) is 26.5 Å². The zero-order valence-electron chi connectivity index (χ0n) is 21.2. The van der Waals surface area contributed by atoms with Gasteiger partial charge in [0.2, 0.25) is 0 Å². The van der Waals surface area contributed by atoms with Gasteiger partial charge in [0, 0.05) is 15.6 Å². The van der Waals surface area contributed by atoms with Crippen LogP contribution in [0.3, 0.4) is 0 Å². The van der Waals surface area contributed by atoms with Crippen LogP contribution in [0.4, 0.5) is 0 Å². The fourth-order valence-corrected chi connectivity index (χ4v) is 5.85. The molecule has 0 N–H and O–H groups in total. The largest absolute Gasteiger partial charge is 0.489 e. The number of benzene rings is 3. The molecule has 0 bridgehead atoms. The van der Waals surface area contributed by atoms with Crippen molar-refractivity contribution < 1.29 is 14.3 Å². The molecule has 9 heteroatoms. The molecule has 0 saturated carbocycles. The molecule has 1 aliphatic rings. The van der Waals surface area contributed by atoms with Crippen LogP contribution in [-0.2, 0) is 16.1 Å². The molecule has 6 nitrogen and oxygen atoms in total. The molecule has 0 saturated heterocycles. The first-order chi connectivity index (χ1) is 18.9. The molecular formula is C30H24Cl2N2O4S. The van der Waals surface area contributed by atoms with Crippen molar-refractivity contribution in [1.29, 1.82) is 0 Å². The fraction of sp³-hybridized carbons (Fsp3) is 0.167. The summed E-state index contributed by atoms with van der Waals surface area (Å²) >= 11 is 14.0. The highest BCUT2D eigenvalue weighted by molar-refractivity contribution is 7.07. The molecule has 4 aromatic rings. The molecule has 198 valence electrons. The van der Waals surface area contributed by atoms with Gasteiger partial charge in [0.1, 0.15) is 18.4 Å². The average Bonchev–Trinajstić information content (AvgIpc) is 3.23. The van der Waals surface area contributed by atoms with Gasteiger partial charge in [-0.25, -0.2) is 9.79 Å². The van der Waals surface area contributed by atoms with E-state index in [1.54, 1.807) is 32.1 Å². The van der Waals surface area contributed by atoms with Gasteiger partial charge >= 0.3 is 5.97 Å². The van der Waals surface area contributed by atoms with Gasteiger partial charge in [-0.1, -0.05) is 83.1 Å². The smallest absolute Gasteiger partial charge is 0.338 e. The Bertz CT molecular complexity index is 1760. The second-order valence-electron chi connectivity index (χ2n) is 8.77. The number of allylic oxidation sites excluding steroid dienone is 1. The first kappa shape index (κ1) is 26.9. The van der Waals surface area contributed by atoms with Crippen molar-refractivity contribution in [3.8, 4) is 5.75 Å². The zero-order chi connectivity index (χ0) is 27.5. The van der Waals surface area contributed by atoms with E-state index in [0.29, 0.717) is 48.6 Å². The Balaban J connectivity index is 1.51. The number of nitrogens with zero attached hydrogens (tertiary/aromatic N) is 2. The summed E-state index contributed by atoms with van der Waals surface area (Å²) in [7, 11) is 0. The minimum Gasteiger partial charge on any atom is -0.489 e. The van der Waals surface area contributed by atoms with Crippen LogP contribution in [0.1, 0.15) is 36.6 Å². The second kappa shape index (κ2) is 11.6. The van der Waals surface area contributed by atoms with Gasteiger partial charge in [-0.2, -0.15) is 0 Å². The van der Waals surface area contributed by atoms with E-state index in [-0.39, 0.29) is 12.2 Å². The van der Waals surface area contributed by atoms with Crippen LogP contribution < -0.4 is 19.6 Å². The Morgan fingerprint density at radius 1 is 1.03 bits per heavy atom. The average molecular weight is 580 g/mol. The molecule has 0 aliphatic carbocycles. The first-order valence-electron chi connectivity index (χ1n) is 12.3.